The number of rotatable bonds is 8. The van der Waals surface area contributed by atoms with Crippen LogP contribution in [0.1, 0.15) is 22.5 Å². The van der Waals surface area contributed by atoms with E-state index in [0.29, 0.717) is 18.2 Å². The zero-order valence-electron chi connectivity index (χ0n) is 16.6. The Kier molecular flexibility index (Phi) is 6.40. The number of benzene rings is 1. The maximum absolute atomic E-state index is 12.1. The first-order valence-corrected chi connectivity index (χ1v) is 10.7. The van der Waals surface area contributed by atoms with Gasteiger partial charge in [0.1, 0.15) is 24.3 Å². The lowest BCUT2D eigenvalue weighted by Crippen LogP contribution is -2.27. The van der Waals surface area contributed by atoms with E-state index in [9.17, 15) is 8.42 Å². The number of hydrogen-bond acceptors (Lipinski definition) is 6. The fraction of sp³-hybridized carbons (Fsp3) is 0.250. The summed E-state index contributed by atoms with van der Waals surface area (Å²) in [7, 11) is -3.51. The number of anilines is 1. The van der Waals surface area contributed by atoms with Gasteiger partial charge in [0, 0.05) is 30.3 Å². The summed E-state index contributed by atoms with van der Waals surface area (Å²) < 4.78 is 28.6. The maximum Gasteiger partial charge on any atom is 0.233 e. The molecule has 0 saturated carbocycles. The summed E-state index contributed by atoms with van der Waals surface area (Å²) in [5.74, 6) is 1.30. The molecule has 9 heteroatoms. The van der Waals surface area contributed by atoms with Crippen LogP contribution in [0.25, 0.3) is 11.9 Å². The Morgan fingerprint density at radius 3 is 2.48 bits per heavy atom. The van der Waals surface area contributed by atoms with E-state index in [1.807, 2.05) is 49.6 Å². The highest BCUT2D eigenvalue weighted by Crippen LogP contribution is 2.13. The minimum absolute atomic E-state index is 0.225. The van der Waals surface area contributed by atoms with Crippen molar-refractivity contribution < 1.29 is 8.42 Å². The van der Waals surface area contributed by atoms with Gasteiger partial charge in [0.25, 0.3) is 0 Å². The molecule has 0 aliphatic carbocycles. The van der Waals surface area contributed by atoms with Gasteiger partial charge in [-0.15, -0.1) is 0 Å². The van der Waals surface area contributed by atoms with Crippen LogP contribution in [-0.2, 0) is 10.0 Å². The molecule has 2 N–H and O–H groups in total. The summed E-state index contributed by atoms with van der Waals surface area (Å²) in [5, 5.41) is 4.27. The van der Waals surface area contributed by atoms with E-state index >= 15 is 0 Å². The minimum atomic E-state index is -3.51. The van der Waals surface area contributed by atoms with Crippen LogP contribution in [0, 0.1) is 20.8 Å². The quantitative estimate of drug-likeness (QED) is 0.552. The number of aryl methyl sites for hydroxylation is 2. The topological polar surface area (TPSA) is 102 Å². The number of nitrogens with zero attached hydrogens (tertiary/aromatic N) is 4. The summed E-state index contributed by atoms with van der Waals surface area (Å²) in [6.07, 6.45) is 4.74. The molecule has 2 heterocycles. The second-order valence-electron chi connectivity index (χ2n) is 6.63. The van der Waals surface area contributed by atoms with Crippen LogP contribution < -0.4 is 10.0 Å². The molecule has 0 saturated heterocycles. The summed E-state index contributed by atoms with van der Waals surface area (Å²) in [6.45, 7) is 6.50. The maximum atomic E-state index is 12.1. The Hall–Kier alpha value is -3.04. The molecule has 3 aromatic rings. The van der Waals surface area contributed by atoms with Crippen LogP contribution in [0.3, 0.4) is 0 Å². The molecular weight excluding hydrogens is 388 g/mol. The first-order chi connectivity index (χ1) is 13.8. The Morgan fingerprint density at radius 1 is 1.03 bits per heavy atom. The highest BCUT2D eigenvalue weighted by atomic mass is 32.2. The lowest BCUT2D eigenvalue weighted by Gasteiger charge is -2.09. The summed E-state index contributed by atoms with van der Waals surface area (Å²) in [6, 6.07) is 9.41. The first-order valence-electron chi connectivity index (χ1n) is 9.15. The lowest BCUT2D eigenvalue weighted by molar-refractivity contribution is 0.592. The Labute approximate surface area is 170 Å². The van der Waals surface area contributed by atoms with E-state index < -0.39 is 10.0 Å². The molecule has 0 spiro atoms. The molecule has 0 bridgehead atoms. The standard InChI is InChI=1S/C20H24N6O2S/c1-15-4-6-18(7-5-15)8-11-29(27,28)25-10-9-21-19-12-20(23-13-22-19)26-14-24-16(2)17(26)3/h4-8,11-14,25H,9-10H2,1-3H3,(H,21,22,23)/b11-8+. The number of aromatic nitrogens is 4. The lowest BCUT2D eigenvalue weighted by atomic mass is 10.2. The molecular formula is C20H24N6O2S. The number of hydrogen-bond donors (Lipinski definition) is 2. The zero-order valence-corrected chi connectivity index (χ0v) is 17.4. The van der Waals surface area contributed by atoms with Crippen LogP contribution in [0.2, 0.25) is 0 Å². The molecule has 2 aromatic heterocycles. The average Bonchev–Trinajstić information content (AvgIpc) is 3.04. The normalized spacial score (nSPS) is 11.8. The van der Waals surface area contributed by atoms with Crippen molar-refractivity contribution in [1.29, 1.82) is 0 Å². The third-order valence-electron chi connectivity index (χ3n) is 4.40. The molecule has 0 aliphatic heterocycles. The second kappa shape index (κ2) is 8.97. The molecule has 29 heavy (non-hydrogen) atoms. The van der Waals surface area contributed by atoms with E-state index in [4.69, 9.17) is 0 Å². The van der Waals surface area contributed by atoms with Crippen LogP contribution in [0.4, 0.5) is 5.82 Å². The van der Waals surface area contributed by atoms with Crippen molar-refractivity contribution in [3.63, 3.8) is 0 Å². The summed E-state index contributed by atoms with van der Waals surface area (Å²) in [5.41, 5.74) is 3.90. The molecule has 3 rings (SSSR count). The van der Waals surface area contributed by atoms with Gasteiger partial charge >= 0.3 is 0 Å². The predicted molar refractivity (Wildman–Crippen MR) is 114 cm³/mol. The first kappa shape index (κ1) is 20.7. The van der Waals surface area contributed by atoms with Crippen molar-refractivity contribution in [1.82, 2.24) is 24.2 Å². The third-order valence-corrected chi connectivity index (χ3v) is 5.50. The third kappa shape index (κ3) is 5.72. The largest absolute Gasteiger partial charge is 0.369 e. The minimum Gasteiger partial charge on any atom is -0.369 e. The molecule has 0 unspecified atom stereocenters. The predicted octanol–water partition coefficient (Wildman–Crippen LogP) is 2.59. The molecule has 0 aliphatic rings. The van der Waals surface area contributed by atoms with Crippen molar-refractivity contribution >= 4 is 21.9 Å². The van der Waals surface area contributed by atoms with Gasteiger partial charge in [0.15, 0.2) is 0 Å². The van der Waals surface area contributed by atoms with Gasteiger partial charge in [-0.05, 0) is 32.4 Å². The van der Waals surface area contributed by atoms with Crippen molar-refractivity contribution in [3.05, 3.63) is 70.9 Å². The molecule has 0 atom stereocenters. The molecule has 0 amide bonds. The van der Waals surface area contributed by atoms with Crippen molar-refractivity contribution in [2.24, 2.45) is 0 Å². The van der Waals surface area contributed by atoms with E-state index in [-0.39, 0.29) is 6.54 Å². The molecule has 0 fully saturated rings. The van der Waals surface area contributed by atoms with E-state index in [1.54, 1.807) is 18.5 Å². The Morgan fingerprint density at radius 2 is 1.79 bits per heavy atom. The van der Waals surface area contributed by atoms with Crippen LogP contribution in [0.15, 0.2) is 48.4 Å². The monoisotopic (exact) mass is 412 g/mol. The van der Waals surface area contributed by atoms with Crippen LogP contribution in [0.5, 0.6) is 0 Å². The number of nitrogens with one attached hydrogen (secondary N) is 2. The fourth-order valence-corrected chi connectivity index (χ4v) is 3.40. The number of imidazole rings is 1. The van der Waals surface area contributed by atoms with E-state index in [2.05, 4.69) is 25.0 Å². The van der Waals surface area contributed by atoms with Crippen LogP contribution in [-0.4, -0.2) is 41.0 Å². The highest BCUT2D eigenvalue weighted by molar-refractivity contribution is 7.92. The van der Waals surface area contributed by atoms with Gasteiger partial charge in [-0.1, -0.05) is 29.8 Å². The molecule has 8 nitrogen and oxygen atoms in total. The Bertz CT molecular complexity index is 1100. The highest BCUT2D eigenvalue weighted by Gasteiger charge is 2.07. The Balaban J connectivity index is 1.53. The average molecular weight is 413 g/mol. The summed E-state index contributed by atoms with van der Waals surface area (Å²) in [4.78, 5) is 12.7. The van der Waals surface area contributed by atoms with Gasteiger partial charge in [-0.2, -0.15) is 0 Å². The van der Waals surface area contributed by atoms with Gasteiger partial charge < -0.3 is 5.32 Å². The van der Waals surface area contributed by atoms with E-state index in [1.165, 1.54) is 11.7 Å². The van der Waals surface area contributed by atoms with Gasteiger partial charge in [0.05, 0.1) is 5.69 Å². The van der Waals surface area contributed by atoms with Crippen molar-refractivity contribution in [2.75, 3.05) is 18.4 Å². The molecule has 152 valence electrons. The van der Waals surface area contributed by atoms with Gasteiger partial charge in [-0.3, -0.25) is 4.57 Å². The van der Waals surface area contributed by atoms with Gasteiger partial charge in [0.2, 0.25) is 10.0 Å². The molecule has 0 radical (unpaired) electrons. The van der Waals surface area contributed by atoms with Crippen molar-refractivity contribution in [3.8, 4) is 5.82 Å². The molecule has 1 aromatic carbocycles. The summed E-state index contributed by atoms with van der Waals surface area (Å²) >= 11 is 0. The van der Waals surface area contributed by atoms with Crippen LogP contribution >= 0.6 is 0 Å². The SMILES string of the molecule is Cc1ccc(/C=C/S(=O)(=O)NCCNc2cc(-n3cnc(C)c3C)ncn2)cc1. The van der Waals surface area contributed by atoms with Crippen molar-refractivity contribution in [2.45, 2.75) is 20.8 Å². The number of sulfonamides is 1. The second-order valence-corrected chi connectivity index (χ2v) is 8.28. The zero-order chi connectivity index (χ0) is 20.9. The fourth-order valence-electron chi connectivity index (χ4n) is 2.58. The smallest absolute Gasteiger partial charge is 0.233 e. The van der Waals surface area contributed by atoms with Gasteiger partial charge in [-0.25, -0.2) is 28.1 Å². The van der Waals surface area contributed by atoms with E-state index in [0.717, 1.165) is 22.5 Å².